The molecule has 0 N–H and O–H groups in total. The van der Waals surface area contributed by atoms with Gasteiger partial charge in [0.05, 0.1) is 11.7 Å². The Hall–Kier alpha value is -1.85. The predicted molar refractivity (Wildman–Crippen MR) is 86.0 cm³/mol. The van der Waals surface area contributed by atoms with Gasteiger partial charge < -0.3 is 14.5 Å². The van der Waals surface area contributed by atoms with E-state index in [0.29, 0.717) is 0 Å². The van der Waals surface area contributed by atoms with E-state index in [9.17, 15) is 4.79 Å². The smallest absolute Gasteiger partial charge is 0.410 e. The highest BCUT2D eigenvalue weighted by Crippen LogP contribution is 2.22. The summed E-state index contributed by atoms with van der Waals surface area (Å²) < 4.78 is 5.50. The first-order valence-corrected chi connectivity index (χ1v) is 7.77. The maximum Gasteiger partial charge on any atom is 0.410 e. The van der Waals surface area contributed by atoms with Crippen LogP contribution in [0, 0.1) is 6.92 Å². The zero-order valence-electron chi connectivity index (χ0n) is 14.2. The third kappa shape index (κ3) is 4.32. The minimum atomic E-state index is -0.460. The van der Waals surface area contributed by atoms with E-state index in [1.54, 1.807) is 0 Å². The Morgan fingerprint density at radius 1 is 1.41 bits per heavy atom. The van der Waals surface area contributed by atoms with Crippen LogP contribution < -0.4 is 4.90 Å². The van der Waals surface area contributed by atoms with Crippen molar-refractivity contribution >= 4 is 11.9 Å². The Kier molecular flexibility index (Phi) is 4.88. The van der Waals surface area contributed by atoms with E-state index < -0.39 is 5.60 Å². The first-order valence-electron chi connectivity index (χ1n) is 7.77. The van der Waals surface area contributed by atoms with Gasteiger partial charge in [-0.2, -0.15) is 5.10 Å². The maximum absolute atomic E-state index is 12.3. The molecule has 0 spiro atoms. The van der Waals surface area contributed by atoms with Crippen molar-refractivity contribution < 1.29 is 9.53 Å². The molecule has 0 bridgehead atoms. The van der Waals surface area contributed by atoms with Gasteiger partial charge in [0.2, 0.25) is 0 Å². The van der Waals surface area contributed by atoms with Gasteiger partial charge in [-0.1, -0.05) is 0 Å². The van der Waals surface area contributed by atoms with Crippen molar-refractivity contribution in [1.82, 2.24) is 15.1 Å². The summed E-state index contributed by atoms with van der Waals surface area (Å²) in [6.07, 6.45) is 1.78. The molecule has 22 heavy (non-hydrogen) atoms. The number of carbonyl (C=O) groups is 1. The number of hydrogen-bond acceptors (Lipinski definition) is 5. The molecule has 0 aliphatic carbocycles. The summed E-state index contributed by atoms with van der Waals surface area (Å²) in [5.74, 6) is 0.821. The van der Waals surface area contributed by atoms with E-state index >= 15 is 0 Å². The van der Waals surface area contributed by atoms with Crippen LogP contribution in [0.1, 0.15) is 39.3 Å². The number of rotatable bonds is 3. The quantitative estimate of drug-likeness (QED) is 0.859. The van der Waals surface area contributed by atoms with E-state index in [4.69, 9.17) is 4.74 Å². The molecule has 1 aromatic heterocycles. The van der Waals surface area contributed by atoms with Crippen LogP contribution in [-0.2, 0) is 4.74 Å². The van der Waals surface area contributed by atoms with Crippen molar-refractivity contribution in [2.45, 2.75) is 52.2 Å². The summed E-state index contributed by atoms with van der Waals surface area (Å²) in [6, 6.07) is 4.05. The number of anilines is 1. The van der Waals surface area contributed by atoms with Crippen LogP contribution in [0.5, 0.6) is 0 Å². The number of aryl methyl sites for hydroxylation is 1. The number of hydrogen-bond donors (Lipinski definition) is 0. The molecule has 1 aromatic rings. The van der Waals surface area contributed by atoms with E-state index in [-0.39, 0.29) is 12.1 Å². The van der Waals surface area contributed by atoms with Gasteiger partial charge >= 0.3 is 6.09 Å². The number of likely N-dealkylation sites (tertiary alicyclic amines) is 1. The fourth-order valence-electron chi connectivity index (χ4n) is 2.59. The molecule has 0 unspecified atom stereocenters. The van der Waals surface area contributed by atoms with Crippen LogP contribution in [0.2, 0.25) is 0 Å². The van der Waals surface area contributed by atoms with Crippen LogP contribution in [0.3, 0.4) is 0 Å². The summed E-state index contributed by atoms with van der Waals surface area (Å²) in [5, 5.41) is 8.27. The van der Waals surface area contributed by atoms with Crippen LogP contribution in [0.15, 0.2) is 12.1 Å². The van der Waals surface area contributed by atoms with Crippen molar-refractivity contribution in [3.05, 3.63) is 17.8 Å². The van der Waals surface area contributed by atoms with Gasteiger partial charge in [-0.25, -0.2) is 4.79 Å². The predicted octanol–water partition coefficient (Wildman–Crippen LogP) is 2.62. The molecule has 1 saturated heterocycles. The topological polar surface area (TPSA) is 58.6 Å². The molecule has 1 atom stereocenters. The normalized spacial score (nSPS) is 18.4. The Morgan fingerprint density at radius 2 is 2.14 bits per heavy atom. The molecule has 0 radical (unpaired) electrons. The monoisotopic (exact) mass is 306 g/mol. The molecule has 6 nitrogen and oxygen atoms in total. The molecule has 122 valence electrons. The summed E-state index contributed by atoms with van der Waals surface area (Å²) >= 11 is 0. The average Bonchev–Trinajstić information content (AvgIpc) is 2.85. The van der Waals surface area contributed by atoms with Crippen molar-refractivity contribution in [2.24, 2.45) is 0 Å². The molecule has 0 saturated carbocycles. The SMILES string of the molecule is Cc1ccc(N(C)C[C@H]2CCCN2C(=O)OC(C)(C)C)nn1. The number of ether oxygens (including phenoxy) is 1. The van der Waals surface area contributed by atoms with Crippen molar-refractivity contribution in [3.63, 3.8) is 0 Å². The Morgan fingerprint density at radius 3 is 2.73 bits per heavy atom. The number of nitrogens with zero attached hydrogens (tertiary/aromatic N) is 4. The highest BCUT2D eigenvalue weighted by molar-refractivity contribution is 5.69. The van der Waals surface area contributed by atoms with E-state index in [1.807, 2.05) is 56.7 Å². The summed E-state index contributed by atoms with van der Waals surface area (Å²) in [4.78, 5) is 16.2. The van der Waals surface area contributed by atoms with Crippen LogP contribution in [0.25, 0.3) is 0 Å². The molecule has 1 amide bonds. The standard InChI is InChI=1S/C16H26N4O2/c1-12-8-9-14(18-17-12)19(5)11-13-7-6-10-20(13)15(21)22-16(2,3)4/h8-9,13H,6-7,10-11H2,1-5H3/t13-/m1/s1. The van der Waals surface area contributed by atoms with Crippen molar-refractivity contribution in [3.8, 4) is 0 Å². The Bertz CT molecular complexity index is 510. The second kappa shape index (κ2) is 6.50. The van der Waals surface area contributed by atoms with E-state index in [1.165, 1.54) is 0 Å². The first kappa shape index (κ1) is 16.5. The van der Waals surface area contributed by atoms with Gasteiger partial charge in [0.15, 0.2) is 5.82 Å². The van der Waals surface area contributed by atoms with E-state index in [2.05, 4.69) is 10.2 Å². The van der Waals surface area contributed by atoms with Crippen LogP contribution >= 0.6 is 0 Å². The Labute approximate surface area is 132 Å². The fourth-order valence-corrected chi connectivity index (χ4v) is 2.59. The molecule has 1 fully saturated rings. The molecule has 2 rings (SSSR count). The lowest BCUT2D eigenvalue weighted by Crippen LogP contribution is -2.44. The second-order valence-electron chi connectivity index (χ2n) is 6.88. The van der Waals surface area contributed by atoms with Gasteiger partial charge in [-0.15, -0.1) is 5.10 Å². The number of aromatic nitrogens is 2. The van der Waals surface area contributed by atoms with Gasteiger partial charge in [0.25, 0.3) is 0 Å². The molecule has 1 aliphatic rings. The van der Waals surface area contributed by atoms with Gasteiger partial charge in [-0.3, -0.25) is 0 Å². The number of amides is 1. The lowest BCUT2D eigenvalue weighted by atomic mass is 10.2. The minimum Gasteiger partial charge on any atom is -0.444 e. The molecular formula is C16H26N4O2. The third-order valence-electron chi connectivity index (χ3n) is 3.66. The molecule has 6 heteroatoms. The highest BCUT2D eigenvalue weighted by atomic mass is 16.6. The zero-order valence-corrected chi connectivity index (χ0v) is 14.2. The maximum atomic E-state index is 12.3. The van der Waals surface area contributed by atoms with Crippen LogP contribution in [0.4, 0.5) is 10.6 Å². The number of likely N-dealkylation sites (N-methyl/N-ethyl adjacent to an activating group) is 1. The summed E-state index contributed by atoms with van der Waals surface area (Å²) in [5.41, 5.74) is 0.437. The fraction of sp³-hybridized carbons (Fsp3) is 0.688. The minimum absolute atomic E-state index is 0.156. The summed E-state index contributed by atoms with van der Waals surface area (Å²) in [7, 11) is 1.98. The highest BCUT2D eigenvalue weighted by Gasteiger charge is 2.32. The molecule has 0 aromatic carbocycles. The van der Waals surface area contributed by atoms with Crippen molar-refractivity contribution in [1.29, 1.82) is 0 Å². The number of carbonyl (C=O) groups excluding carboxylic acids is 1. The average molecular weight is 306 g/mol. The largest absolute Gasteiger partial charge is 0.444 e. The molecular weight excluding hydrogens is 280 g/mol. The lowest BCUT2D eigenvalue weighted by Gasteiger charge is -2.31. The van der Waals surface area contributed by atoms with Gasteiger partial charge in [0, 0.05) is 20.1 Å². The van der Waals surface area contributed by atoms with Crippen LogP contribution in [-0.4, -0.2) is 53.0 Å². The molecule has 2 heterocycles. The van der Waals surface area contributed by atoms with Gasteiger partial charge in [-0.05, 0) is 52.7 Å². The molecule has 1 aliphatic heterocycles. The first-order chi connectivity index (χ1) is 10.3. The Balaban J connectivity index is 1.98. The van der Waals surface area contributed by atoms with E-state index in [0.717, 1.165) is 37.4 Å². The summed E-state index contributed by atoms with van der Waals surface area (Å²) in [6.45, 7) is 9.08. The lowest BCUT2D eigenvalue weighted by molar-refractivity contribution is 0.0232. The third-order valence-corrected chi connectivity index (χ3v) is 3.66. The zero-order chi connectivity index (χ0) is 16.3. The van der Waals surface area contributed by atoms with Gasteiger partial charge in [0.1, 0.15) is 5.60 Å². The van der Waals surface area contributed by atoms with Crippen molar-refractivity contribution in [2.75, 3.05) is 25.0 Å². The second-order valence-corrected chi connectivity index (χ2v) is 6.88.